The molecule has 0 spiro atoms. The van der Waals surface area contributed by atoms with Gasteiger partial charge in [-0.1, -0.05) is 13.3 Å². The molecule has 0 radical (unpaired) electrons. The zero-order chi connectivity index (χ0) is 9.42. The lowest BCUT2D eigenvalue weighted by molar-refractivity contribution is 0.0960. The smallest absolute Gasteiger partial charge is 0.194 e. The molecule has 0 N–H and O–H groups in total. The van der Waals surface area contributed by atoms with Crippen LogP contribution in [0.4, 0.5) is 0 Å². The first-order valence-corrected chi connectivity index (χ1v) is 6.05. The van der Waals surface area contributed by atoms with Crippen LogP contribution in [-0.4, -0.2) is 10.8 Å². The first-order chi connectivity index (χ1) is 6.22. The molecule has 1 heterocycles. The summed E-state index contributed by atoms with van der Waals surface area (Å²) in [7, 11) is 0. The van der Waals surface area contributed by atoms with Gasteiger partial charge in [-0.3, -0.25) is 4.79 Å². The molecule has 1 aromatic heterocycles. The van der Waals surface area contributed by atoms with Crippen LogP contribution in [0.15, 0.2) is 9.98 Å². The van der Waals surface area contributed by atoms with E-state index >= 15 is 0 Å². The lowest BCUT2D eigenvalue weighted by atomic mass is 10.2. The molecule has 2 nitrogen and oxygen atoms in total. The molecular formula is C9H10BrNOS. The van der Waals surface area contributed by atoms with E-state index in [4.69, 9.17) is 0 Å². The van der Waals surface area contributed by atoms with Crippen LogP contribution in [0.25, 0.3) is 0 Å². The Balaban J connectivity index is 2.07. The number of rotatable bonds is 3. The Hall–Kier alpha value is -0.220. The molecule has 0 aliphatic heterocycles. The Morgan fingerprint density at radius 3 is 3.08 bits per heavy atom. The molecule has 4 heteroatoms. The molecule has 13 heavy (non-hydrogen) atoms. The molecule has 0 amide bonds. The number of nitrogens with zero attached hydrogens (tertiary/aromatic N) is 1. The van der Waals surface area contributed by atoms with E-state index in [1.54, 1.807) is 0 Å². The van der Waals surface area contributed by atoms with Gasteiger partial charge in [0.15, 0.2) is 10.8 Å². The van der Waals surface area contributed by atoms with Crippen LogP contribution in [0.1, 0.15) is 29.6 Å². The SMILES string of the molecule is CCC1CC1C(=O)c1nc(Br)cs1. The monoisotopic (exact) mass is 259 g/mol. The Morgan fingerprint density at radius 2 is 2.62 bits per heavy atom. The lowest BCUT2D eigenvalue weighted by Gasteiger charge is -1.92. The minimum atomic E-state index is 0.238. The maximum atomic E-state index is 11.7. The maximum Gasteiger partial charge on any atom is 0.194 e. The standard InChI is InChI=1S/C9H10BrNOS/c1-2-5-3-6(5)8(12)9-11-7(10)4-13-9/h4-6H,2-3H2,1H3. The number of halogens is 1. The van der Waals surface area contributed by atoms with E-state index in [0.717, 1.165) is 17.4 Å². The van der Waals surface area contributed by atoms with Crippen molar-refractivity contribution in [3.8, 4) is 0 Å². The van der Waals surface area contributed by atoms with E-state index in [1.165, 1.54) is 11.3 Å². The van der Waals surface area contributed by atoms with Gasteiger partial charge in [0.05, 0.1) is 0 Å². The highest BCUT2D eigenvalue weighted by molar-refractivity contribution is 9.10. The predicted molar refractivity (Wildman–Crippen MR) is 56.0 cm³/mol. The molecule has 2 atom stereocenters. The van der Waals surface area contributed by atoms with Gasteiger partial charge in [0.1, 0.15) is 4.60 Å². The third-order valence-corrected chi connectivity index (χ3v) is 4.04. The van der Waals surface area contributed by atoms with Crippen molar-refractivity contribution in [3.63, 3.8) is 0 Å². The summed E-state index contributed by atoms with van der Waals surface area (Å²) < 4.78 is 0.773. The van der Waals surface area contributed by atoms with Crippen LogP contribution in [0.3, 0.4) is 0 Å². The number of Topliss-reactive ketones (excluding diaryl/α,β-unsaturated/α-hetero) is 1. The maximum absolute atomic E-state index is 11.7. The summed E-state index contributed by atoms with van der Waals surface area (Å²) in [6, 6.07) is 0. The molecule has 2 rings (SSSR count). The first-order valence-electron chi connectivity index (χ1n) is 4.37. The van der Waals surface area contributed by atoms with Gasteiger partial charge in [0.25, 0.3) is 0 Å². The van der Waals surface area contributed by atoms with Gasteiger partial charge in [-0.2, -0.15) is 0 Å². The van der Waals surface area contributed by atoms with Gasteiger partial charge in [-0.05, 0) is 28.3 Å². The van der Waals surface area contributed by atoms with E-state index in [1.807, 2.05) is 5.38 Å². The average molecular weight is 260 g/mol. The van der Waals surface area contributed by atoms with Gasteiger partial charge >= 0.3 is 0 Å². The number of thiazole rings is 1. The van der Waals surface area contributed by atoms with E-state index < -0.39 is 0 Å². The highest BCUT2D eigenvalue weighted by atomic mass is 79.9. The van der Waals surface area contributed by atoms with Gasteiger partial charge in [-0.15, -0.1) is 11.3 Å². The number of carbonyl (C=O) groups excluding carboxylic acids is 1. The molecule has 1 aromatic rings. The normalized spacial score (nSPS) is 26.0. The topological polar surface area (TPSA) is 30.0 Å². The number of ketones is 1. The van der Waals surface area contributed by atoms with Crippen LogP contribution in [-0.2, 0) is 0 Å². The minimum absolute atomic E-state index is 0.238. The number of hydrogen-bond donors (Lipinski definition) is 0. The molecule has 1 aliphatic rings. The zero-order valence-corrected chi connectivity index (χ0v) is 9.69. The van der Waals surface area contributed by atoms with Crippen molar-refractivity contribution in [1.29, 1.82) is 0 Å². The Morgan fingerprint density at radius 1 is 1.85 bits per heavy atom. The van der Waals surface area contributed by atoms with E-state index in [-0.39, 0.29) is 11.7 Å². The van der Waals surface area contributed by atoms with Crippen LogP contribution in [0, 0.1) is 11.8 Å². The van der Waals surface area contributed by atoms with Crippen molar-refractivity contribution < 1.29 is 4.79 Å². The van der Waals surface area contributed by atoms with Crippen molar-refractivity contribution in [2.24, 2.45) is 11.8 Å². The van der Waals surface area contributed by atoms with Crippen LogP contribution >= 0.6 is 27.3 Å². The zero-order valence-electron chi connectivity index (χ0n) is 7.29. The fourth-order valence-corrected chi connectivity index (χ4v) is 2.80. The summed E-state index contributed by atoms with van der Waals surface area (Å²) in [6.45, 7) is 2.13. The highest BCUT2D eigenvalue weighted by Gasteiger charge is 2.42. The van der Waals surface area contributed by atoms with Gasteiger partial charge < -0.3 is 0 Å². The second kappa shape index (κ2) is 3.50. The average Bonchev–Trinajstić information content (AvgIpc) is 2.80. The van der Waals surface area contributed by atoms with E-state index in [9.17, 15) is 4.79 Å². The second-order valence-electron chi connectivity index (χ2n) is 3.35. The molecule has 1 saturated carbocycles. The van der Waals surface area contributed by atoms with Crippen molar-refractivity contribution in [2.45, 2.75) is 19.8 Å². The minimum Gasteiger partial charge on any atom is -0.291 e. The summed E-state index contributed by atoms with van der Waals surface area (Å²) >= 11 is 4.68. The van der Waals surface area contributed by atoms with Crippen LogP contribution < -0.4 is 0 Å². The third kappa shape index (κ3) is 1.83. The van der Waals surface area contributed by atoms with E-state index in [0.29, 0.717) is 10.9 Å². The molecule has 1 fully saturated rings. The van der Waals surface area contributed by atoms with Crippen molar-refractivity contribution in [2.75, 3.05) is 0 Å². The Labute approximate surface area is 89.5 Å². The fourth-order valence-electron chi connectivity index (χ4n) is 1.55. The summed E-state index contributed by atoms with van der Waals surface area (Å²) in [4.78, 5) is 15.8. The predicted octanol–water partition coefficient (Wildman–Crippen LogP) is 3.13. The number of hydrogen-bond acceptors (Lipinski definition) is 3. The highest BCUT2D eigenvalue weighted by Crippen LogP contribution is 2.43. The first kappa shape index (κ1) is 9.34. The van der Waals surface area contributed by atoms with Crippen molar-refractivity contribution in [3.05, 3.63) is 15.0 Å². The molecule has 2 unspecified atom stereocenters. The summed E-state index contributed by atoms with van der Waals surface area (Å²) in [5.41, 5.74) is 0. The Kier molecular flexibility index (Phi) is 2.51. The van der Waals surface area contributed by atoms with Crippen molar-refractivity contribution in [1.82, 2.24) is 4.98 Å². The molecule has 0 bridgehead atoms. The largest absolute Gasteiger partial charge is 0.291 e. The van der Waals surface area contributed by atoms with Gasteiger partial charge in [0, 0.05) is 11.3 Å². The summed E-state index contributed by atoms with van der Waals surface area (Å²) in [6.07, 6.45) is 2.18. The number of aromatic nitrogens is 1. The van der Waals surface area contributed by atoms with Gasteiger partial charge in [0.2, 0.25) is 0 Å². The number of carbonyl (C=O) groups is 1. The molecule has 0 aromatic carbocycles. The van der Waals surface area contributed by atoms with Crippen LogP contribution in [0.5, 0.6) is 0 Å². The fraction of sp³-hybridized carbons (Fsp3) is 0.556. The summed E-state index contributed by atoms with van der Waals surface area (Å²) in [5.74, 6) is 1.13. The van der Waals surface area contributed by atoms with E-state index in [2.05, 4.69) is 27.8 Å². The summed E-state index contributed by atoms with van der Waals surface area (Å²) in [5, 5.41) is 2.52. The van der Waals surface area contributed by atoms with Gasteiger partial charge in [-0.25, -0.2) is 4.98 Å². The Bertz CT molecular complexity index is 336. The molecule has 70 valence electrons. The van der Waals surface area contributed by atoms with Crippen molar-refractivity contribution >= 4 is 33.0 Å². The third-order valence-electron chi connectivity index (χ3n) is 2.47. The van der Waals surface area contributed by atoms with Crippen LogP contribution in [0.2, 0.25) is 0 Å². The molecule has 1 aliphatic carbocycles. The lowest BCUT2D eigenvalue weighted by Crippen LogP contribution is -2.02. The molecule has 0 saturated heterocycles. The molecular weight excluding hydrogens is 250 g/mol. The second-order valence-corrected chi connectivity index (χ2v) is 5.02. The quantitative estimate of drug-likeness (QED) is 0.781.